The topological polar surface area (TPSA) is 96.5 Å². The lowest BCUT2D eigenvalue weighted by Gasteiger charge is -2.18. The Morgan fingerprint density at radius 3 is 2.75 bits per heavy atom. The molecule has 7 heteroatoms. The Morgan fingerprint density at radius 1 is 1.40 bits per heavy atom. The fraction of sp³-hybridized carbons (Fsp3) is 0.308. The lowest BCUT2D eigenvalue weighted by Crippen LogP contribution is -2.27. The Labute approximate surface area is 116 Å². The highest BCUT2D eigenvalue weighted by Gasteiger charge is 2.25. The molecule has 2 rings (SSSR count). The molecule has 0 aromatic carbocycles. The van der Waals surface area contributed by atoms with Gasteiger partial charge in [-0.2, -0.15) is 20.6 Å². The number of nitrogens with one attached hydrogen (secondary N) is 1. The molecule has 2 aromatic heterocycles. The molecule has 0 aliphatic rings. The van der Waals surface area contributed by atoms with Crippen molar-refractivity contribution in [2.24, 2.45) is 0 Å². The maximum absolute atomic E-state index is 12.2. The summed E-state index contributed by atoms with van der Waals surface area (Å²) in [5.74, 6) is -0.296. The van der Waals surface area contributed by atoms with E-state index in [1.165, 1.54) is 23.3 Å². The highest BCUT2D eigenvalue weighted by Crippen LogP contribution is 2.19. The number of nitrogens with zero attached hydrogens (tertiary/aromatic N) is 5. The highest BCUT2D eigenvalue weighted by atomic mass is 16.1. The van der Waals surface area contributed by atoms with E-state index < -0.39 is 5.54 Å². The Hall–Kier alpha value is -2.75. The van der Waals surface area contributed by atoms with Crippen LogP contribution in [0.4, 0.5) is 5.69 Å². The van der Waals surface area contributed by atoms with Crippen LogP contribution in [-0.4, -0.2) is 25.9 Å². The zero-order chi connectivity index (χ0) is 14.8. The molecule has 0 aliphatic carbocycles. The Kier molecular flexibility index (Phi) is 3.48. The number of aromatic nitrogens is 4. The number of carbonyl (C=O) groups excluding carboxylic acids is 1. The second kappa shape index (κ2) is 5.09. The molecule has 20 heavy (non-hydrogen) atoms. The first-order valence-electron chi connectivity index (χ1n) is 6.00. The molecule has 0 atom stereocenters. The van der Waals surface area contributed by atoms with E-state index in [1.54, 1.807) is 26.8 Å². The van der Waals surface area contributed by atoms with E-state index in [0.29, 0.717) is 16.9 Å². The molecular weight excluding hydrogens is 256 g/mol. The number of carbonyl (C=O) groups is 1. The van der Waals surface area contributed by atoms with Gasteiger partial charge in [-0.15, -0.1) is 0 Å². The average molecular weight is 270 g/mol. The third-order valence-electron chi connectivity index (χ3n) is 2.90. The molecule has 0 saturated heterocycles. The predicted octanol–water partition coefficient (Wildman–Crippen LogP) is 1.49. The first-order chi connectivity index (χ1) is 9.45. The van der Waals surface area contributed by atoms with Crippen molar-refractivity contribution < 1.29 is 4.79 Å². The van der Waals surface area contributed by atoms with Crippen molar-refractivity contribution in [3.63, 3.8) is 0 Å². The summed E-state index contributed by atoms with van der Waals surface area (Å²) in [5, 5.41) is 23.3. The monoisotopic (exact) mass is 270 g/mol. The Morgan fingerprint density at radius 2 is 2.15 bits per heavy atom. The molecule has 0 saturated carbocycles. The van der Waals surface area contributed by atoms with Gasteiger partial charge in [0.05, 0.1) is 35.9 Å². The number of nitriles is 1. The standard InChI is InChI=1S/C13H14N6O/c1-9-11(7-17-19(9)13(2,3)8-14)12(20)18-10-4-5-15-16-6-10/h4-7H,1-3H3,(H,15,18,20). The van der Waals surface area contributed by atoms with Crippen LogP contribution in [0.15, 0.2) is 24.7 Å². The van der Waals surface area contributed by atoms with Crippen LogP contribution in [0.1, 0.15) is 29.9 Å². The zero-order valence-electron chi connectivity index (χ0n) is 11.5. The van der Waals surface area contributed by atoms with Gasteiger partial charge in [-0.1, -0.05) is 0 Å². The van der Waals surface area contributed by atoms with Gasteiger partial charge in [0.15, 0.2) is 0 Å². The number of amides is 1. The summed E-state index contributed by atoms with van der Waals surface area (Å²) in [6, 6.07) is 3.79. The third-order valence-corrected chi connectivity index (χ3v) is 2.90. The summed E-state index contributed by atoms with van der Waals surface area (Å²) in [7, 11) is 0. The summed E-state index contributed by atoms with van der Waals surface area (Å²) >= 11 is 0. The zero-order valence-corrected chi connectivity index (χ0v) is 11.5. The normalized spacial score (nSPS) is 10.9. The molecule has 102 valence electrons. The van der Waals surface area contributed by atoms with Gasteiger partial charge < -0.3 is 5.32 Å². The van der Waals surface area contributed by atoms with Crippen molar-refractivity contribution in [1.82, 2.24) is 20.0 Å². The van der Waals surface area contributed by atoms with Crippen LogP contribution in [-0.2, 0) is 5.54 Å². The van der Waals surface area contributed by atoms with Gasteiger partial charge in [-0.05, 0) is 26.8 Å². The second-order valence-electron chi connectivity index (χ2n) is 4.81. The average Bonchev–Trinajstić information content (AvgIpc) is 2.82. The van der Waals surface area contributed by atoms with Crippen LogP contribution >= 0.6 is 0 Å². The largest absolute Gasteiger partial charge is 0.320 e. The molecule has 0 unspecified atom stereocenters. The SMILES string of the molecule is Cc1c(C(=O)Nc2ccnnc2)cnn1C(C)(C)C#N. The van der Waals surface area contributed by atoms with Gasteiger partial charge in [-0.3, -0.25) is 4.79 Å². The number of hydrogen-bond acceptors (Lipinski definition) is 5. The maximum Gasteiger partial charge on any atom is 0.259 e. The van der Waals surface area contributed by atoms with E-state index in [9.17, 15) is 4.79 Å². The van der Waals surface area contributed by atoms with E-state index in [2.05, 4.69) is 26.7 Å². The lowest BCUT2D eigenvalue weighted by molar-refractivity contribution is 0.102. The molecule has 0 aliphatic heterocycles. The van der Waals surface area contributed by atoms with Gasteiger partial charge in [0, 0.05) is 5.69 Å². The minimum Gasteiger partial charge on any atom is -0.320 e. The minimum atomic E-state index is -0.805. The fourth-order valence-electron chi connectivity index (χ4n) is 1.81. The molecule has 0 spiro atoms. The quantitative estimate of drug-likeness (QED) is 0.911. The number of rotatable bonds is 3. The van der Waals surface area contributed by atoms with Gasteiger partial charge in [0.2, 0.25) is 0 Å². The van der Waals surface area contributed by atoms with Crippen LogP contribution in [0.5, 0.6) is 0 Å². The fourth-order valence-corrected chi connectivity index (χ4v) is 1.81. The van der Waals surface area contributed by atoms with Crippen molar-refractivity contribution in [1.29, 1.82) is 5.26 Å². The van der Waals surface area contributed by atoms with E-state index >= 15 is 0 Å². The van der Waals surface area contributed by atoms with E-state index in [-0.39, 0.29) is 5.91 Å². The second-order valence-corrected chi connectivity index (χ2v) is 4.81. The molecule has 1 amide bonds. The van der Waals surface area contributed by atoms with Gasteiger partial charge >= 0.3 is 0 Å². The number of hydrogen-bond donors (Lipinski definition) is 1. The molecule has 0 radical (unpaired) electrons. The van der Waals surface area contributed by atoms with Gasteiger partial charge in [0.1, 0.15) is 5.54 Å². The maximum atomic E-state index is 12.2. The molecule has 7 nitrogen and oxygen atoms in total. The van der Waals surface area contributed by atoms with Crippen LogP contribution in [0, 0.1) is 18.3 Å². The summed E-state index contributed by atoms with van der Waals surface area (Å²) in [5.41, 5.74) is 0.804. The van der Waals surface area contributed by atoms with Crippen molar-refractivity contribution >= 4 is 11.6 Å². The molecule has 0 fully saturated rings. The molecular formula is C13H14N6O. The first kappa shape index (κ1) is 13.7. The molecule has 0 bridgehead atoms. The van der Waals surface area contributed by atoms with Crippen LogP contribution in [0.3, 0.4) is 0 Å². The van der Waals surface area contributed by atoms with E-state index in [0.717, 1.165) is 0 Å². The summed E-state index contributed by atoms with van der Waals surface area (Å²) in [4.78, 5) is 12.2. The molecule has 1 N–H and O–H groups in total. The van der Waals surface area contributed by atoms with Gasteiger partial charge in [-0.25, -0.2) is 4.68 Å². The summed E-state index contributed by atoms with van der Waals surface area (Å²) in [6.45, 7) is 5.23. The van der Waals surface area contributed by atoms with Crippen LogP contribution in [0.2, 0.25) is 0 Å². The van der Waals surface area contributed by atoms with Crippen molar-refractivity contribution in [2.75, 3.05) is 5.32 Å². The molecule has 2 aromatic rings. The van der Waals surface area contributed by atoms with Gasteiger partial charge in [0.25, 0.3) is 5.91 Å². The first-order valence-corrected chi connectivity index (χ1v) is 6.00. The summed E-state index contributed by atoms with van der Waals surface area (Å²) in [6.07, 6.45) is 4.40. The van der Waals surface area contributed by atoms with E-state index in [1.807, 2.05) is 0 Å². The van der Waals surface area contributed by atoms with Crippen molar-refractivity contribution in [3.05, 3.63) is 35.9 Å². The Balaban J connectivity index is 2.27. The van der Waals surface area contributed by atoms with E-state index in [4.69, 9.17) is 5.26 Å². The highest BCUT2D eigenvalue weighted by molar-refractivity contribution is 6.04. The smallest absolute Gasteiger partial charge is 0.259 e. The van der Waals surface area contributed by atoms with Crippen LogP contribution < -0.4 is 5.32 Å². The van der Waals surface area contributed by atoms with Crippen molar-refractivity contribution in [2.45, 2.75) is 26.3 Å². The van der Waals surface area contributed by atoms with Crippen LogP contribution in [0.25, 0.3) is 0 Å². The minimum absolute atomic E-state index is 0.296. The third kappa shape index (κ3) is 2.49. The lowest BCUT2D eigenvalue weighted by atomic mass is 10.1. The number of anilines is 1. The predicted molar refractivity (Wildman–Crippen MR) is 71.9 cm³/mol. The van der Waals surface area contributed by atoms with Crippen molar-refractivity contribution in [3.8, 4) is 6.07 Å². The Bertz CT molecular complexity index is 668. The summed E-state index contributed by atoms with van der Waals surface area (Å²) < 4.78 is 1.53. The molecule has 2 heterocycles.